The highest BCUT2D eigenvalue weighted by Crippen LogP contribution is 2.44. The summed E-state index contributed by atoms with van der Waals surface area (Å²) in [6.45, 7) is 7.30. The van der Waals surface area contributed by atoms with E-state index in [1.54, 1.807) is 12.4 Å². The number of fused-ring (bicyclic) bond motifs is 5. The van der Waals surface area contributed by atoms with Crippen LogP contribution in [-0.2, 0) is 6.54 Å². The van der Waals surface area contributed by atoms with Crippen molar-refractivity contribution < 1.29 is 9.32 Å². The highest BCUT2D eigenvalue weighted by Gasteiger charge is 2.43. The minimum Gasteiger partial charge on any atom is -0.337 e. The van der Waals surface area contributed by atoms with Gasteiger partial charge < -0.3 is 9.42 Å². The lowest BCUT2D eigenvalue weighted by Crippen LogP contribution is -2.44. The average Bonchev–Trinajstić information content (AvgIpc) is 3.30. The topological polar surface area (TPSA) is 80.3 Å². The Morgan fingerprint density at radius 2 is 2.14 bits per heavy atom. The molecule has 1 aromatic carbocycles. The Hall–Kier alpha value is -2.71. The zero-order chi connectivity index (χ0) is 20.1. The third kappa shape index (κ3) is 2.78. The summed E-state index contributed by atoms with van der Waals surface area (Å²) >= 11 is 6.39. The molecule has 5 rings (SSSR count). The summed E-state index contributed by atoms with van der Waals surface area (Å²) < 4.78 is 7.42. The van der Waals surface area contributed by atoms with Gasteiger partial charge in [0.1, 0.15) is 12.0 Å². The van der Waals surface area contributed by atoms with E-state index in [4.69, 9.17) is 16.1 Å². The third-order valence-corrected chi connectivity index (χ3v) is 6.11. The van der Waals surface area contributed by atoms with Crippen molar-refractivity contribution in [1.82, 2.24) is 29.5 Å². The molecule has 0 radical (unpaired) electrons. The predicted molar refractivity (Wildman–Crippen MR) is 107 cm³/mol. The molecule has 3 aromatic rings. The number of imidazole rings is 1. The standard InChI is InChI=1S/C20H21ClN6O2/c1-3-25(4-2)10-15-23-19(24-29-15)17-18-14-8-9-26(14)20(28)16-12(21)6-5-7-13(16)27(18)11-22-17/h5-7,11,14H,3-4,8-10H2,1-2H3/t14-/m0/s1. The molecule has 1 fully saturated rings. The van der Waals surface area contributed by atoms with E-state index in [-0.39, 0.29) is 11.9 Å². The van der Waals surface area contributed by atoms with Gasteiger partial charge in [-0.3, -0.25) is 14.3 Å². The first-order valence-corrected chi connectivity index (χ1v) is 10.2. The Kier molecular flexibility index (Phi) is 4.40. The molecule has 2 aromatic heterocycles. The molecule has 1 amide bonds. The molecule has 2 aliphatic rings. The molecule has 0 unspecified atom stereocenters. The van der Waals surface area contributed by atoms with Gasteiger partial charge in [0.25, 0.3) is 5.91 Å². The Labute approximate surface area is 173 Å². The molecule has 9 heteroatoms. The van der Waals surface area contributed by atoms with Crippen molar-refractivity contribution in [3.63, 3.8) is 0 Å². The highest BCUT2D eigenvalue weighted by molar-refractivity contribution is 6.34. The number of hydrogen-bond donors (Lipinski definition) is 0. The lowest BCUT2D eigenvalue weighted by atomic mass is 9.97. The van der Waals surface area contributed by atoms with E-state index in [0.29, 0.717) is 41.1 Å². The minimum absolute atomic E-state index is 0.0492. The first-order valence-electron chi connectivity index (χ1n) is 9.84. The number of aromatic nitrogens is 4. The molecule has 2 aliphatic heterocycles. The van der Waals surface area contributed by atoms with Crippen molar-refractivity contribution >= 4 is 17.5 Å². The van der Waals surface area contributed by atoms with E-state index in [2.05, 4.69) is 33.9 Å². The summed E-state index contributed by atoms with van der Waals surface area (Å²) in [4.78, 5) is 26.3. The SMILES string of the molecule is CCN(CC)Cc1nc(-c2ncn3c2[C@@H]2CCN2C(=O)c2c(Cl)cccc2-3)no1. The Balaban J connectivity index is 1.60. The van der Waals surface area contributed by atoms with Crippen LogP contribution in [-0.4, -0.2) is 55.0 Å². The number of hydrogen-bond acceptors (Lipinski definition) is 6. The van der Waals surface area contributed by atoms with Gasteiger partial charge in [-0.1, -0.05) is 36.7 Å². The first-order chi connectivity index (χ1) is 14.1. The van der Waals surface area contributed by atoms with Gasteiger partial charge in [0.15, 0.2) is 0 Å². The molecule has 150 valence electrons. The van der Waals surface area contributed by atoms with Crippen LogP contribution in [0.4, 0.5) is 0 Å². The van der Waals surface area contributed by atoms with Crippen LogP contribution < -0.4 is 0 Å². The van der Waals surface area contributed by atoms with Crippen molar-refractivity contribution in [2.24, 2.45) is 0 Å². The fourth-order valence-electron chi connectivity index (χ4n) is 4.08. The van der Waals surface area contributed by atoms with E-state index in [1.165, 1.54) is 0 Å². The second kappa shape index (κ2) is 6.96. The van der Waals surface area contributed by atoms with Crippen LogP contribution >= 0.6 is 11.6 Å². The van der Waals surface area contributed by atoms with Crippen molar-refractivity contribution in [1.29, 1.82) is 0 Å². The molecule has 0 spiro atoms. The maximum atomic E-state index is 13.1. The number of carbonyl (C=O) groups is 1. The molecule has 0 bridgehead atoms. The molecule has 0 aliphatic carbocycles. The largest absolute Gasteiger partial charge is 0.337 e. The van der Waals surface area contributed by atoms with E-state index >= 15 is 0 Å². The van der Waals surface area contributed by atoms with E-state index < -0.39 is 0 Å². The van der Waals surface area contributed by atoms with E-state index in [1.807, 2.05) is 21.6 Å². The van der Waals surface area contributed by atoms with Crippen LogP contribution in [0.15, 0.2) is 29.0 Å². The lowest BCUT2D eigenvalue weighted by molar-refractivity contribution is 0.0461. The average molecular weight is 413 g/mol. The zero-order valence-corrected chi connectivity index (χ0v) is 17.1. The Morgan fingerprint density at radius 1 is 1.31 bits per heavy atom. The van der Waals surface area contributed by atoms with Crippen molar-refractivity contribution in [3.05, 3.63) is 46.7 Å². The van der Waals surface area contributed by atoms with Gasteiger partial charge in [0, 0.05) is 6.54 Å². The number of carbonyl (C=O) groups excluding carboxylic acids is 1. The fraction of sp³-hybridized carbons (Fsp3) is 0.400. The van der Waals surface area contributed by atoms with E-state index in [0.717, 1.165) is 30.9 Å². The lowest BCUT2D eigenvalue weighted by Gasteiger charge is -2.39. The van der Waals surface area contributed by atoms with Crippen LogP contribution in [0.5, 0.6) is 0 Å². The normalized spacial score (nSPS) is 17.6. The number of halogens is 1. The number of amides is 1. The highest BCUT2D eigenvalue weighted by atomic mass is 35.5. The van der Waals surface area contributed by atoms with Gasteiger partial charge in [0.05, 0.1) is 34.6 Å². The molecule has 1 saturated heterocycles. The van der Waals surface area contributed by atoms with Gasteiger partial charge in [-0.2, -0.15) is 4.98 Å². The van der Waals surface area contributed by atoms with Crippen molar-refractivity contribution in [3.8, 4) is 17.2 Å². The predicted octanol–water partition coefficient (Wildman–Crippen LogP) is 3.32. The smallest absolute Gasteiger partial charge is 0.258 e. The molecular weight excluding hydrogens is 392 g/mol. The number of nitrogens with zero attached hydrogens (tertiary/aromatic N) is 6. The van der Waals surface area contributed by atoms with Crippen LogP contribution in [0.3, 0.4) is 0 Å². The summed E-state index contributed by atoms with van der Waals surface area (Å²) in [6.07, 6.45) is 2.58. The number of rotatable bonds is 5. The molecule has 8 nitrogen and oxygen atoms in total. The van der Waals surface area contributed by atoms with Gasteiger partial charge in [0.2, 0.25) is 11.7 Å². The van der Waals surface area contributed by atoms with Gasteiger partial charge in [-0.05, 0) is 31.6 Å². The van der Waals surface area contributed by atoms with E-state index in [9.17, 15) is 4.79 Å². The van der Waals surface area contributed by atoms with Crippen molar-refractivity contribution in [2.45, 2.75) is 32.9 Å². The molecule has 0 saturated carbocycles. The van der Waals surface area contributed by atoms with Gasteiger partial charge in [-0.25, -0.2) is 4.98 Å². The van der Waals surface area contributed by atoms with Crippen LogP contribution in [0.25, 0.3) is 17.2 Å². The summed E-state index contributed by atoms with van der Waals surface area (Å²) in [5.41, 5.74) is 2.80. The maximum absolute atomic E-state index is 13.1. The van der Waals surface area contributed by atoms with Crippen molar-refractivity contribution in [2.75, 3.05) is 19.6 Å². The molecule has 0 N–H and O–H groups in total. The second-order valence-corrected chi connectivity index (χ2v) is 7.67. The van der Waals surface area contributed by atoms with Crippen LogP contribution in [0.1, 0.15) is 48.3 Å². The third-order valence-electron chi connectivity index (χ3n) is 5.80. The van der Waals surface area contributed by atoms with Gasteiger partial charge >= 0.3 is 0 Å². The molecule has 29 heavy (non-hydrogen) atoms. The first kappa shape index (κ1) is 18.3. The summed E-state index contributed by atoms with van der Waals surface area (Å²) in [5, 5.41) is 4.62. The fourth-order valence-corrected chi connectivity index (χ4v) is 4.33. The summed E-state index contributed by atoms with van der Waals surface area (Å²) in [7, 11) is 0. The zero-order valence-electron chi connectivity index (χ0n) is 16.3. The number of benzene rings is 1. The minimum atomic E-state index is -0.0757. The Bertz CT molecular complexity index is 1090. The van der Waals surface area contributed by atoms with Crippen LogP contribution in [0, 0.1) is 0 Å². The van der Waals surface area contributed by atoms with Crippen LogP contribution in [0.2, 0.25) is 5.02 Å². The maximum Gasteiger partial charge on any atom is 0.258 e. The summed E-state index contributed by atoms with van der Waals surface area (Å²) in [6, 6.07) is 5.40. The second-order valence-electron chi connectivity index (χ2n) is 7.26. The molecule has 4 heterocycles. The Morgan fingerprint density at radius 3 is 2.86 bits per heavy atom. The van der Waals surface area contributed by atoms with Gasteiger partial charge in [-0.15, -0.1) is 0 Å². The molecular formula is C20H21ClN6O2. The quantitative estimate of drug-likeness (QED) is 0.639. The monoisotopic (exact) mass is 412 g/mol. The molecule has 1 atom stereocenters. The summed E-state index contributed by atoms with van der Waals surface area (Å²) in [5.74, 6) is 0.960.